The van der Waals surface area contributed by atoms with E-state index in [0.29, 0.717) is 17.2 Å². The molecule has 0 aliphatic rings. The summed E-state index contributed by atoms with van der Waals surface area (Å²) in [6.07, 6.45) is 0.0968. The maximum absolute atomic E-state index is 13.7. The van der Waals surface area contributed by atoms with Crippen molar-refractivity contribution in [2.24, 2.45) is 0 Å². The minimum atomic E-state index is -3.70. The van der Waals surface area contributed by atoms with Crippen LogP contribution in [0, 0.1) is 0 Å². The van der Waals surface area contributed by atoms with Crippen molar-refractivity contribution in [2.45, 2.75) is 0 Å². The van der Waals surface area contributed by atoms with Gasteiger partial charge in [-0.05, 0) is 0 Å². The van der Waals surface area contributed by atoms with Crippen LogP contribution in [0.2, 0.25) is 0 Å². The molecule has 0 unspecified atom stereocenters. The van der Waals surface area contributed by atoms with E-state index in [4.69, 9.17) is 20.7 Å². The second-order valence-electron chi connectivity index (χ2n) is 7.97. The van der Waals surface area contributed by atoms with Gasteiger partial charge < -0.3 is 0 Å². The van der Waals surface area contributed by atoms with Crippen LogP contribution in [0.15, 0.2) is 109 Å². The number of ether oxygens (including phenoxy) is 2. The van der Waals surface area contributed by atoms with Gasteiger partial charge in [-0.3, -0.25) is 0 Å². The number of nitrogens with one attached hydrogen (secondary N) is 1. The molecule has 0 saturated heterocycles. The van der Waals surface area contributed by atoms with Crippen LogP contribution in [-0.4, -0.2) is 26.3 Å². The first kappa shape index (κ1) is 23.8. The molecule has 174 valence electrons. The minimum absolute atomic E-state index is 0.0968. The van der Waals surface area contributed by atoms with E-state index in [1.54, 1.807) is 32.4 Å². The number of benzene rings is 4. The van der Waals surface area contributed by atoms with Crippen LogP contribution >= 0.6 is 17.2 Å². The molecule has 1 amide bonds. The SMILES string of the molecule is COc1ccc(NC(=O)CP(Cl)(c2ccccc2)(c2ccccc2)c2ccccc2)cc1OC. The van der Waals surface area contributed by atoms with Crippen LogP contribution in [0.3, 0.4) is 0 Å². The summed E-state index contributed by atoms with van der Waals surface area (Å²) in [6.45, 7) is 0. The van der Waals surface area contributed by atoms with Crippen molar-refractivity contribution in [3.05, 3.63) is 109 Å². The summed E-state index contributed by atoms with van der Waals surface area (Å²) in [5.74, 6) is -2.75. The molecule has 0 aromatic heterocycles. The molecule has 4 aromatic rings. The Morgan fingerprint density at radius 1 is 0.706 bits per heavy atom. The molecule has 4 rings (SSSR count). The van der Waals surface area contributed by atoms with Crippen molar-refractivity contribution in [2.75, 3.05) is 25.7 Å². The Morgan fingerprint density at radius 3 is 1.56 bits per heavy atom. The molecule has 6 heteroatoms. The normalized spacial score (nSPS) is 12.3. The number of carbonyl (C=O) groups is 1. The Balaban J connectivity index is 1.85. The fourth-order valence-corrected chi connectivity index (χ4v) is 10.1. The van der Waals surface area contributed by atoms with E-state index in [-0.39, 0.29) is 12.1 Å². The Kier molecular flexibility index (Phi) is 6.92. The third kappa shape index (κ3) is 4.27. The van der Waals surface area contributed by atoms with Gasteiger partial charge in [0.25, 0.3) is 0 Å². The van der Waals surface area contributed by atoms with Gasteiger partial charge in [0.2, 0.25) is 0 Å². The van der Waals surface area contributed by atoms with E-state index >= 15 is 0 Å². The number of anilines is 1. The zero-order valence-corrected chi connectivity index (χ0v) is 20.8. The van der Waals surface area contributed by atoms with Gasteiger partial charge in [0.05, 0.1) is 0 Å². The van der Waals surface area contributed by atoms with Crippen molar-refractivity contribution in [1.29, 1.82) is 0 Å². The molecule has 0 fully saturated rings. The number of amides is 1. The predicted octanol–water partition coefficient (Wildman–Crippen LogP) is 5.33. The van der Waals surface area contributed by atoms with Crippen molar-refractivity contribution < 1.29 is 14.3 Å². The molecule has 1 N–H and O–H groups in total. The second-order valence-corrected chi connectivity index (χ2v) is 14.4. The summed E-state index contributed by atoms with van der Waals surface area (Å²) in [7, 11) is 3.14. The van der Waals surface area contributed by atoms with Crippen molar-refractivity contribution in [1.82, 2.24) is 0 Å². The third-order valence-electron chi connectivity index (χ3n) is 5.99. The molecule has 0 saturated carbocycles. The van der Waals surface area contributed by atoms with E-state index < -0.39 is 5.96 Å². The molecule has 0 radical (unpaired) electrons. The number of rotatable bonds is 8. The van der Waals surface area contributed by atoms with Crippen LogP contribution in [0.4, 0.5) is 5.69 Å². The standard InChI is InChI=1S/C28H27ClNO3P/c1-32-26-19-18-22(20-27(26)33-2)30-28(31)21-34(29,23-12-6-3-7-13-23,24-14-8-4-9-15-24)25-16-10-5-11-17-25/h3-20H,21H2,1-2H3,(H,30,31). The molecule has 0 heterocycles. The van der Waals surface area contributed by atoms with Gasteiger partial charge in [-0.25, -0.2) is 0 Å². The molecule has 0 aliphatic carbocycles. The van der Waals surface area contributed by atoms with Crippen molar-refractivity contribution in [3.63, 3.8) is 0 Å². The average molecular weight is 492 g/mol. The van der Waals surface area contributed by atoms with Crippen molar-refractivity contribution >= 4 is 44.7 Å². The van der Waals surface area contributed by atoms with E-state index in [9.17, 15) is 4.79 Å². The summed E-state index contributed by atoms with van der Waals surface area (Å²) in [5.41, 5.74) is 0.610. The first-order valence-corrected chi connectivity index (χ1v) is 14.2. The first-order chi connectivity index (χ1) is 16.5. The molecule has 0 spiro atoms. The number of hydrogen-bond acceptors (Lipinski definition) is 3. The van der Waals surface area contributed by atoms with Crippen LogP contribution in [0.1, 0.15) is 0 Å². The zero-order chi connectivity index (χ0) is 24.0. The van der Waals surface area contributed by atoms with Crippen molar-refractivity contribution in [3.8, 4) is 11.5 Å². The molecular weight excluding hydrogens is 465 g/mol. The van der Waals surface area contributed by atoms with E-state index in [1.807, 2.05) is 91.0 Å². The number of hydrogen-bond donors (Lipinski definition) is 1. The fraction of sp³-hybridized carbons (Fsp3) is 0.107. The monoisotopic (exact) mass is 491 g/mol. The maximum atomic E-state index is 13.7. The summed E-state index contributed by atoms with van der Waals surface area (Å²) in [4.78, 5) is 13.7. The zero-order valence-electron chi connectivity index (χ0n) is 19.1. The Bertz CT molecular complexity index is 1170. The number of halogens is 1. The number of methoxy groups -OCH3 is 2. The predicted molar refractivity (Wildman–Crippen MR) is 144 cm³/mol. The molecular formula is C28H27ClNO3P. The average Bonchev–Trinajstić information content (AvgIpc) is 2.90. The Labute approximate surface area is 205 Å². The Morgan fingerprint density at radius 2 is 1.15 bits per heavy atom. The van der Waals surface area contributed by atoms with Gasteiger partial charge in [-0.2, -0.15) is 0 Å². The van der Waals surface area contributed by atoms with Gasteiger partial charge >= 0.3 is 205 Å². The molecule has 0 bridgehead atoms. The summed E-state index contributed by atoms with van der Waals surface area (Å²) < 4.78 is 10.7. The quantitative estimate of drug-likeness (QED) is 0.339. The second kappa shape index (κ2) is 9.89. The molecule has 4 nitrogen and oxygen atoms in total. The fourth-order valence-electron chi connectivity index (χ4n) is 4.32. The third-order valence-corrected chi connectivity index (χ3v) is 13.1. The van der Waals surface area contributed by atoms with Crippen LogP contribution in [0.5, 0.6) is 11.5 Å². The summed E-state index contributed by atoms with van der Waals surface area (Å²) >= 11 is 7.97. The summed E-state index contributed by atoms with van der Waals surface area (Å²) in [6, 6.07) is 35.1. The van der Waals surface area contributed by atoms with Crippen LogP contribution < -0.4 is 30.7 Å². The molecule has 0 aliphatic heterocycles. The van der Waals surface area contributed by atoms with Gasteiger partial charge in [0.1, 0.15) is 0 Å². The molecule has 34 heavy (non-hydrogen) atoms. The number of carbonyl (C=O) groups excluding carboxylic acids is 1. The van der Waals surface area contributed by atoms with Crippen LogP contribution in [0.25, 0.3) is 0 Å². The van der Waals surface area contributed by atoms with E-state index in [0.717, 1.165) is 15.9 Å². The first-order valence-electron chi connectivity index (χ1n) is 10.9. The van der Waals surface area contributed by atoms with Gasteiger partial charge in [0, 0.05) is 0 Å². The van der Waals surface area contributed by atoms with E-state index in [1.165, 1.54) is 0 Å². The van der Waals surface area contributed by atoms with Gasteiger partial charge in [0.15, 0.2) is 0 Å². The van der Waals surface area contributed by atoms with Gasteiger partial charge in [-0.15, -0.1) is 0 Å². The molecule has 4 aromatic carbocycles. The molecule has 0 atom stereocenters. The van der Waals surface area contributed by atoms with Gasteiger partial charge in [-0.1, -0.05) is 0 Å². The topological polar surface area (TPSA) is 47.6 Å². The van der Waals surface area contributed by atoms with E-state index in [2.05, 4.69) is 5.32 Å². The van der Waals surface area contributed by atoms with Crippen LogP contribution in [-0.2, 0) is 4.79 Å². The summed E-state index contributed by atoms with van der Waals surface area (Å²) in [5, 5.41) is 5.85. The Hall–Kier alpha value is -3.33.